The zero-order valence-electron chi connectivity index (χ0n) is 16.5. The quantitative estimate of drug-likeness (QED) is 0.657. The molecule has 146 valence electrons. The lowest BCUT2D eigenvalue weighted by Gasteiger charge is -2.40. The van der Waals surface area contributed by atoms with Crippen LogP contribution in [0.3, 0.4) is 0 Å². The zero-order chi connectivity index (χ0) is 19.9. The molecule has 5 nitrogen and oxygen atoms in total. The Kier molecular flexibility index (Phi) is 4.75. The number of aryl methyl sites for hydroxylation is 1. The highest BCUT2D eigenvalue weighted by molar-refractivity contribution is 5.89. The summed E-state index contributed by atoms with van der Waals surface area (Å²) < 4.78 is 15.5. The van der Waals surface area contributed by atoms with Gasteiger partial charge in [-0.1, -0.05) is 12.1 Å². The Bertz CT molecular complexity index is 1010. The van der Waals surface area contributed by atoms with Crippen molar-refractivity contribution < 1.29 is 9.18 Å². The van der Waals surface area contributed by atoms with E-state index < -0.39 is 5.67 Å². The summed E-state index contributed by atoms with van der Waals surface area (Å²) in [6, 6.07) is 8.20. The summed E-state index contributed by atoms with van der Waals surface area (Å²) >= 11 is 0. The van der Waals surface area contributed by atoms with E-state index in [9.17, 15) is 9.18 Å². The van der Waals surface area contributed by atoms with Crippen molar-refractivity contribution in [3.63, 3.8) is 0 Å². The number of likely N-dealkylation sites (tertiary alicyclic amines) is 1. The van der Waals surface area contributed by atoms with Crippen molar-refractivity contribution in [2.75, 3.05) is 19.6 Å². The number of Topliss-reactive ketones (excluding diaryl/α,β-unsaturated/α-hetero) is 1. The normalized spacial score (nSPS) is 15.7. The number of carbonyl (C=O) groups is 1. The number of rotatable bonds is 6. The minimum Gasteiger partial charge on any atom is -0.299 e. The molecule has 0 unspecified atom stereocenters. The molecule has 2 aromatic heterocycles. The second-order valence-electron chi connectivity index (χ2n) is 8.39. The number of ketones is 1. The number of benzene rings is 1. The molecule has 28 heavy (non-hydrogen) atoms. The number of nitrogens with zero attached hydrogens (tertiary/aromatic N) is 4. The van der Waals surface area contributed by atoms with Crippen LogP contribution in [-0.4, -0.2) is 50.8 Å². The van der Waals surface area contributed by atoms with E-state index in [0.717, 1.165) is 27.6 Å². The number of pyridine rings is 1. The minimum absolute atomic E-state index is 0.0124. The summed E-state index contributed by atoms with van der Waals surface area (Å²) in [7, 11) is 1.90. The maximum Gasteiger partial charge on any atom is 0.144 e. The molecule has 0 atom stereocenters. The van der Waals surface area contributed by atoms with Gasteiger partial charge in [0.05, 0.1) is 6.20 Å². The fourth-order valence-electron chi connectivity index (χ4n) is 3.79. The molecule has 1 aromatic carbocycles. The lowest BCUT2D eigenvalue weighted by Crippen LogP contribution is -2.54. The van der Waals surface area contributed by atoms with E-state index in [1.807, 2.05) is 42.7 Å². The molecule has 1 fully saturated rings. The molecule has 0 amide bonds. The van der Waals surface area contributed by atoms with Crippen molar-refractivity contribution in [3.05, 3.63) is 48.5 Å². The molecule has 0 radical (unpaired) electrons. The van der Waals surface area contributed by atoms with E-state index in [0.29, 0.717) is 26.1 Å². The number of aromatic nitrogens is 3. The number of fused-ring (bicyclic) bond motifs is 1. The molecule has 0 aliphatic carbocycles. The monoisotopic (exact) mass is 380 g/mol. The first-order valence-corrected chi connectivity index (χ1v) is 9.58. The van der Waals surface area contributed by atoms with E-state index in [1.165, 1.54) is 0 Å². The first-order valence-electron chi connectivity index (χ1n) is 9.58. The van der Waals surface area contributed by atoms with Gasteiger partial charge in [-0.25, -0.2) is 4.39 Å². The number of carbonyl (C=O) groups excluding carboxylic acids is 1. The summed E-state index contributed by atoms with van der Waals surface area (Å²) in [6.45, 7) is 4.81. The molecule has 3 heterocycles. The highest BCUT2D eigenvalue weighted by Crippen LogP contribution is 2.26. The Balaban J connectivity index is 1.45. The van der Waals surface area contributed by atoms with Gasteiger partial charge in [0, 0.05) is 68.1 Å². The van der Waals surface area contributed by atoms with Crippen LogP contribution in [0.25, 0.3) is 21.9 Å². The fraction of sp³-hybridized carbons (Fsp3) is 0.409. The van der Waals surface area contributed by atoms with Gasteiger partial charge >= 0.3 is 0 Å². The number of alkyl halides is 1. The predicted octanol–water partition coefficient (Wildman–Crippen LogP) is 3.43. The van der Waals surface area contributed by atoms with Gasteiger partial charge in [0.15, 0.2) is 0 Å². The summed E-state index contributed by atoms with van der Waals surface area (Å²) in [6.07, 6.45) is 5.97. The first kappa shape index (κ1) is 18.7. The second kappa shape index (κ2) is 7.09. The summed E-state index contributed by atoms with van der Waals surface area (Å²) in [5.74, 6) is 0.171. The Hall–Kier alpha value is -2.60. The fourth-order valence-corrected chi connectivity index (χ4v) is 3.79. The minimum atomic E-state index is -1.22. The van der Waals surface area contributed by atoms with Gasteiger partial charge in [-0.3, -0.25) is 19.4 Å². The molecule has 0 bridgehead atoms. The standard InChI is InChI=1S/C22H25FN4O/c1-22(2,23)14-27-12-19(13-27)21(28)8-20-7-17-6-15(4-5-16(17)9-24-20)18-10-25-26(3)11-18/h4-7,9-11,19H,8,12-14H2,1-3H3. The second-order valence-corrected chi connectivity index (χ2v) is 8.39. The lowest BCUT2D eigenvalue weighted by molar-refractivity contribution is -0.128. The van der Waals surface area contributed by atoms with E-state index in [4.69, 9.17) is 0 Å². The Morgan fingerprint density at radius 2 is 1.96 bits per heavy atom. The predicted molar refractivity (Wildman–Crippen MR) is 108 cm³/mol. The van der Waals surface area contributed by atoms with Gasteiger partial charge in [0.25, 0.3) is 0 Å². The van der Waals surface area contributed by atoms with E-state index in [-0.39, 0.29) is 11.7 Å². The van der Waals surface area contributed by atoms with E-state index in [2.05, 4.69) is 22.2 Å². The Labute approximate surface area is 164 Å². The number of hydrogen-bond donors (Lipinski definition) is 0. The molecule has 0 N–H and O–H groups in total. The molecular formula is C22H25FN4O. The van der Waals surface area contributed by atoms with Crippen LogP contribution < -0.4 is 0 Å². The van der Waals surface area contributed by atoms with Gasteiger partial charge in [-0.2, -0.15) is 5.10 Å². The molecule has 1 aliphatic heterocycles. The molecule has 4 rings (SSSR count). The van der Waals surface area contributed by atoms with Gasteiger partial charge in [0.2, 0.25) is 0 Å². The number of hydrogen-bond acceptors (Lipinski definition) is 4. The summed E-state index contributed by atoms with van der Waals surface area (Å²) in [4.78, 5) is 19.0. The maximum absolute atomic E-state index is 13.7. The lowest BCUT2D eigenvalue weighted by atomic mass is 9.91. The summed E-state index contributed by atoms with van der Waals surface area (Å²) in [5, 5.41) is 6.33. The zero-order valence-corrected chi connectivity index (χ0v) is 16.5. The Morgan fingerprint density at radius 3 is 2.64 bits per heavy atom. The van der Waals surface area contributed by atoms with Crippen LogP contribution in [0.15, 0.2) is 42.9 Å². The summed E-state index contributed by atoms with van der Waals surface area (Å²) in [5.41, 5.74) is 1.71. The maximum atomic E-state index is 13.7. The topological polar surface area (TPSA) is 51.0 Å². The molecule has 0 spiro atoms. The van der Waals surface area contributed by atoms with Crippen LogP contribution in [0, 0.1) is 5.92 Å². The van der Waals surface area contributed by atoms with Crippen LogP contribution in [0.4, 0.5) is 4.39 Å². The smallest absolute Gasteiger partial charge is 0.144 e. The third-order valence-corrected chi connectivity index (χ3v) is 5.18. The molecule has 6 heteroatoms. The van der Waals surface area contributed by atoms with Crippen LogP contribution in [0.1, 0.15) is 19.5 Å². The van der Waals surface area contributed by atoms with Crippen molar-refractivity contribution >= 4 is 16.6 Å². The van der Waals surface area contributed by atoms with Crippen molar-refractivity contribution in [2.45, 2.75) is 25.9 Å². The van der Waals surface area contributed by atoms with Crippen LogP contribution in [-0.2, 0) is 18.3 Å². The SMILES string of the molecule is Cn1cc(-c2ccc3cnc(CC(=O)C4CN(CC(C)(C)F)C4)cc3c2)cn1. The molecular weight excluding hydrogens is 355 g/mol. The van der Waals surface area contributed by atoms with Crippen molar-refractivity contribution in [1.82, 2.24) is 19.7 Å². The van der Waals surface area contributed by atoms with Crippen molar-refractivity contribution in [1.29, 1.82) is 0 Å². The van der Waals surface area contributed by atoms with Gasteiger partial charge in [-0.05, 0) is 36.9 Å². The van der Waals surface area contributed by atoms with Crippen molar-refractivity contribution in [2.24, 2.45) is 13.0 Å². The van der Waals surface area contributed by atoms with Crippen LogP contribution in [0.2, 0.25) is 0 Å². The number of halogens is 1. The average Bonchev–Trinajstić information content (AvgIpc) is 3.02. The largest absolute Gasteiger partial charge is 0.299 e. The Morgan fingerprint density at radius 1 is 1.18 bits per heavy atom. The van der Waals surface area contributed by atoms with Crippen LogP contribution in [0.5, 0.6) is 0 Å². The van der Waals surface area contributed by atoms with Gasteiger partial charge in [0.1, 0.15) is 11.5 Å². The molecule has 1 saturated heterocycles. The highest BCUT2D eigenvalue weighted by atomic mass is 19.1. The average molecular weight is 380 g/mol. The third kappa shape index (κ3) is 4.12. The third-order valence-electron chi connectivity index (χ3n) is 5.18. The molecule has 0 saturated carbocycles. The van der Waals surface area contributed by atoms with Crippen molar-refractivity contribution in [3.8, 4) is 11.1 Å². The van der Waals surface area contributed by atoms with E-state index in [1.54, 1.807) is 18.5 Å². The highest BCUT2D eigenvalue weighted by Gasteiger charge is 2.35. The molecule has 1 aliphatic rings. The van der Waals surface area contributed by atoms with Gasteiger partial charge < -0.3 is 0 Å². The molecule has 3 aromatic rings. The van der Waals surface area contributed by atoms with E-state index >= 15 is 0 Å². The first-order chi connectivity index (χ1) is 13.3. The van der Waals surface area contributed by atoms with Gasteiger partial charge in [-0.15, -0.1) is 0 Å². The van der Waals surface area contributed by atoms with Crippen LogP contribution >= 0.6 is 0 Å².